The molecule has 270 valence electrons. The van der Waals surface area contributed by atoms with E-state index in [1.807, 2.05) is 85.8 Å². The maximum Gasteiger partial charge on any atom is 0.314 e. The second-order valence-electron chi connectivity index (χ2n) is 13.8. The number of amides is 2. The summed E-state index contributed by atoms with van der Waals surface area (Å²) >= 11 is 0. The number of nitrogens with zero attached hydrogens (tertiary/aromatic N) is 1. The standard InChI is InChI=1S/C41H42N2O9/c1-26(43(21-11-14-27-12-7-5-8-13-27)39(46)37-32(24-36(44)51-37)40(47)52-41(2,3)4)31(28-17-19-33-35(22-28)49-25-48-33)23-30-18-20-34(50-30)38(45)42-29-15-9-6-10-16-29/h5-20,22,26,31-32,37H,21,23-25H2,1-4H3,(H,42,45)/t26-,31+,32?,37?/m1/s1. The number of cyclic esters (lactones) is 1. The summed E-state index contributed by atoms with van der Waals surface area (Å²) < 4.78 is 28.5. The fourth-order valence-corrected chi connectivity index (χ4v) is 6.32. The predicted molar refractivity (Wildman–Crippen MR) is 193 cm³/mol. The molecule has 0 aliphatic carbocycles. The average Bonchev–Trinajstić information content (AvgIpc) is 3.88. The maximum atomic E-state index is 14.6. The molecule has 2 aliphatic heterocycles. The smallest absolute Gasteiger partial charge is 0.314 e. The monoisotopic (exact) mass is 706 g/mol. The van der Waals surface area contributed by atoms with Gasteiger partial charge < -0.3 is 33.6 Å². The molecule has 0 radical (unpaired) electrons. The van der Waals surface area contributed by atoms with E-state index in [9.17, 15) is 19.2 Å². The van der Waals surface area contributed by atoms with E-state index in [1.165, 1.54) is 0 Å². The Balaban J connectivity index is 1.33. The van der Waals surface area contributed by atoms with Crippen molar-refractivity contribution in [1.82, 2.24) is 4.90 Å². The number of benzene rings is 3. The topological polar surface area (TPSA) is 134 Å². The summed E-state index contributed by atoms with van der Waals surface area (Å²) in [6, 6.07) is 27.1. The van der Waals surface area contributed by atoms with Gasteiger partial charge in [0.05, 0.1) is 6.42 Å². The Labute approximate surface area is 302 Å². The van der Waals surface area contributed by atoms with Crippen LogP contribution in [0.2, 0.25) is 0 Å². The van der Waals surface area contributed by atoms with E-state index in [4.69, 9.17) is 23.4 Å². The number of nitrogens with one attached hydrogen (secondary N) is 1. The SMILES string of the molecule is C[C@H]([C@H](Cc1ccc(C(=O)Nc2ccccc2)o1)c1ccc2c(c1)OCO2)N(CC=Cc1ccccc1)C(=O)C1OC(=O)CC1C(=O)OC(C)(C)C. The Bertz CT molecular complexity index is 1930. The number of carbonyl (C=O) groups is 4. The first-order chi connectivity index (χ1) is 24.9. The first-order valence-electron chi connectivity index (χ1n) is 17.2. The molecule has 1 aromatic heterocycles. The van der Waals surface area contributed by atoms with Crippen LogP contribution >= 0.6 is 0 Å². The number of furan rings is 1. The summed E-state index contributed by atoms with van der Waals surface area (Å²) in [6.07, 6.45) is 2.41. The predicted octanol–water partition coefficient (Wildman–Crippen LogP) is 6.79. The Kier molecular flexibility index (Phi) is 10.8. The van der Waals surface area contributed by atoms with Crippen molar-refractivity contribution in [2.75, 3.05) is 18.7 Å². The van der Waals surface area contributed by atoms with Gasteiger partial charge in [0.25, 0.3) is 11.8 Å². The third-order valence-corrected chi connectivity index (χ3v) is 8.90. The van der Waals surface area contributed by atoms with Gasteiger partial charge in [0.2, 0.25) is 6.79 Å². The minimum atomic E-state index is -1.37. The number of anilines is 1. The molecule has 1 N–H and O–H groups in total. The quantitative estimate of drug-likeness (QED) is 0.158. The molecule has 4 atom stereocenters. The first kappa shape index (κ1) is 36.0. The summed E-state index contributed by atoms with van der Waals surface area (Å²) in [5, 5.41) is 2.84. The summed E-state index contributed by atoms with van der Waals surface area (Å²) in [7, 11) is 0. The number of fused-ring (bicyclic) bond motifs is 1. The molecule has 0 saturated carbocycles. The molecule has 11 nitrogen and oxygen atoms in total. The highest BCUT2D eigenvalue weighted by atomic mass is 16.7. The lowest BCUT2D eigenvalue weighted by molar-refractivity contribution is -0.167. The minimum absolute atomic E-state index is 0.0884. The molecule has 3 aromatic carbocycles. The van der Waals surface area contributed by atoms with Gasteiger partial charge in [0, 0.05) is 30.6 Å². The highest BCUT2D eigenvalue weighted by Gasteiger charge is 2.48. The van der Waals surface area contributed by atoms with Crippen LogP contribution in [0.3, 0.4) is 0 Å². The summed E-state index contributed by atoms with van der Waals surface area (Å²) in [6.45, 7) is 7.30. The van der Waals surface area contributed by atoms with E-state index in [-0.39, 0.29) is 31.9 Å². The van der Waals surface area contributed by atoms with Crippen molar-refractivity contribution in [3.05, 3.63) is 120 Å². The van der Waals surface area contributed by atoms with E-state index >= 15 is 0 Å². The average molecular weight is 707 g/mol. The third kappa shape index (κ3) is 8.71. The fourth-order valence-electron chi connectivity index (χ4n) is 6.32. The van der Waals surface area contributed by atoms with E-state index in [0.717, 1.165) is 11.1 Å². The Morgan fingerprint density at radius 3 is 2.38 bits per heavy atom. The second-order valence-corrected chi connectivity index (χ2v) is 13.8. The lowest BCUT2D eigenvalue weighted by Crippen LogP contribution is -2.50. The molecule has 0 spiro atoms. The first-order valence-corrected chi connectivity index (χ1v) is 17.2. The lowest BCUT2D eigenvalue weighted by atomic mass is 9.86. The third-order valence-electron chi connectivity index (χ3n) is 8.90. The van der Waals surface area contributed by atoms with Gasteiger partial charge >= 0.3 is 11.9 Å². The van der Waals surface area contributed by atoms with Crippen molar-refractivity contribution in [1.29, 1.82) is 0 Å². The van der Waals surface area contributed by atoms with Crippen molar-refractivity contribution in [2.24, 2.45) is 5.92 Å². The molecule has 52 heavy (non-hydrogen) atoms. The molecule has 2 unspecified atom stereocenters. The largest absolute Gasteiger partial charge is 0.460 e. The van der Waals surface area contributed by atoms with E-state index in [2.05, 4.69) is 5.32 Å². The molecule has 2 aliphatic rings. The summed E-state index contributed by atoms with van der Waals surface area (Å²) in [5.74, 6) is -1.96. The summed E-state index contributed by atoms with van der Waals surface area (Å²) in [4.78, 5) is 55.1. The highest BCUT2D eigenvalue weighted by molar-refractivity contribution is 6.02. The van der Waals surface area contributed by atoms with Crippen LogP contribution in [-0.4, -0.2) is 59.7 Å². The van der Waals surface area contributed by atoms with Gasteiger partial charge in [-0.05, 0) is 75.2 Å². The van der Waals surface area contributed by atoms with Crippen LogP contribution in [0.4, 0.5) is 5.69 Å². The van der Waals surface area contributed by atoms with Gasteiger partial charge in [-0.1, -0.05) is 66.7 Å². The number of ether oxygens (including phenoxy) is 4. The Hall–Kier alpha value is -5.84. The zero-order chi connectivity index (χ0) is 36.8. The van der Waals surface area contributed by atoms with E-state index < -0.39 is 53.3 Å². The summed E-state index contributed by atoms with van der Waals surface area (Å²) in [5.41, 5.74) is 1.56. The molecule has 3 heterocycles. The number of hydrogen-bond acceptors (Lipinski definition) is 9. The van der Waals surface area contributed by atoms with Crippen LogP contribution in [0.1, 0.15) is 67.5 Å². The number of hydrogen-bond donors (Lipinski definition) is 1. The van der Waals surface area contributed by atoms with Gasteiger partial charge in [0.15, 0.2) is 23.4 Å². The van der Waals surface area contributed by atoms with Crippen molar-refractivity contribution in [3.8, 4) is 11.5 Å². The zero-order valence-electron chi connectivity index (χ0n) is 29.6. The number of para-hydroxylation sites is 1. The van der Waals surface area contributed by atoms with Crippen LogP contribution in [-0.2, 0) is 30.3 Å². The van der Waals surface area contributed by atoms with Crippen molar-refractivity contribution >= 4 is 35.5 Å². The lowest BCUT2D eigenvalue weighted by Gasteiger charge is -2.36. The van der Waals surface area contributed by atoms with Gasteiger partial charge in [0.1, 0.15) is 17.3 Å². The molecule has 11 heteroatoms. The van der Waals surface area contributed by atoms with Crippen molar-refractivity contribution in [3.63, 3.8) is 0 Å². The zero-order valence-corrected chi connectivity index (χ0v) is 29.6. The molecule has 6 rings (SSSR count). The van der Waals surface area contributed by atoms with Crippen LogP contribution in [0.15, 0.2) is 101 Å². The molecule has 1 saturated heterocycles. The van der Waals surface area contributed by atoms with Crippen LogP contribution in [0.5, 0.6) is 11.5 Å². The molecule has 2 amide bonds. The molecular weight excluding hydrogens is 664 g/mol. The maximum absolute atomic E-state index is 14.6. The van der Waals surface area contributed by atoms with Crippen LogP contribution in [0.25, 0.3) is 6.08 Å². The van der Waals surface area contributed by atoms with Crippen LogP contribution in [0, 0.1) is 5.92 Å². The molecule has 0 bridgehead atoms. The van der Waals surface area contributed by atoms with Crippen molar-refractivity contribution in [2.45, 2.75) is 64.2 Å². The number of carbonyl (C=O) groups excluding carboxylic acids is 4. The molecule has 4 aromatic rings. The van der Waals surface area contributed by atoms with Gasteiger partial charge in [-0.15, -0.1) is 0 Å². The van der Waals surface area contributed by atoms with Crippen molar-refractivity contribution < 1.29 is 42.5 Å². The Morgan fingerprint density at radius 1 is 0.942 bits per heavy atom. The molecule has 1 fully saturated rings. The Morgan fingerprint density at radius 2 is 1.65 bits per heavy atom. The van der Waals surface area contributed by atoms with Gasteiger partial charge in [-0.25, -0.2) is 0 Å². The number of rotatable bonds is 12. The van der Waals surface area contributed by atoms with E-state index in [1.54, 1.807) is 49.9 Å². The van der Waals surface area contributed by atoms with Gasteiger partial charge in [-0.2, -0.15) is 0 Å². The second kappa shape index (κ2) is 15.6. The van der Waals surface area contributed by atoms with E-state index in [0.29, 0.717) is 22.9 Å². The fraction of sp³-hybridized carbons (Fsp3) is 0.317. The van der Waals surface area contributed by atoms with Gasteiger partial charge in [-0.3, -0.25) is 19.2 Å². The minimum Gasteiger partial charge on any atom is -0.460 e. The molecular formula is C41H42N2O9. The highest BCUT2D eigenvalue weighted by Crippen LogP contribution is 2.38. The van der Waals surface area contributed by atoms with Crippen LogP contribution < -0.4 is 14.8 Å². The normalized spacial score (nSPS) is 17.7. The number of esters is 2.